The molecule has 0 radical (unpaired) electrons. The van der Waals surface area contributed by atoms with E-state index in [4.69, 9.17) is 0 Å². The normalized spacial score (nSPS) is 13.7. The largest absolute Gasteiger partial charge is 0.478 e. The molecule has 4 rings (SSSR count). The molecule has 2 N–H and O–H groups in total. The number of hydrogen-bond acceptors (Lipinski definition) is 4. The van der Waals surface area contributed by atoms with Gasteiger partial charge in [0.1, 0.15) is 5.82 Å². The van der Waals surface area contributed by atoms with E-state index in [1.165, 1.54) is 18.2 Å². The van der Waals surface area contributed by atoms with Crippen molar-refractivity contribution in [2.24, 2.45) is 0 Å². The van der Waals surface area contributed by atoms with E-state index in [1.807, 2.05) is 17.0 Å². The van der Waals surface area contributed by atoms with Crippen LogP contribution in [0.25, 0.3) is 0 Å². The van der Waals surface area contributed by atoms with Crippen molar-refractivity contribution in [2.45, 2.75) is 0 Å². The van der Waals surface area contributed by atoms with Crippen molar-refractivity contribution in [3.63, 3.8) is 0 Å². The molecule has 6 nitrogen and oxygen atoms in total. The number of aromatic carboxylic acids is 1. The van der Waals surface area contributed by atoms with Crippen LogP contribution in [0, 0.1) is 5.82 Å². The molecule has 1 heterocycles. The Bertz CT molecular complexity index is 1100. The first kappa shape index (κ1) is 20.4. The molecule has 0 spiro atoms. The molecule has 158 valence electrons. The first-order valence-corrected chi connectivity index (χ1v) is 10.0. The van der Waals surface area contributed by atoms with Crippen molar-refractivity contribution in [3.05, 3.63) is 89.7 Å². The summed E-state index contributed by atoms with van der Waals surface area (Å²) in [6, 6.07) is 20.2. The highest BCUT2D eigenvalue weighted by atomic mass is 19.1. The van der Waals surface area contributed by atoms with Crippen molar-refractivity contribution in [1.29, 1.82) is 0 Å². The fourth-order valence-corrected chi connectivity index (χ4v) is 3.73. The van der Waals surface area contributed by atoms with Gasteiger partial charge in [0.25, 0.3) is 5.91 Å². The predicted octanol–water partition coefficient (Wildman–Crippen LogP) is 4.10. The van der Waals surface area contributed by atoms with Gasteiger partial charge in [-0.05, 0) is 42.5 Å². The number of carboxylic acids is 1. The lowest BCUT2D eigenvalue weighted by atomic mass is 10.1. The predicted molar refractivity (Wildman–Crippen MR) is 119 cm³/mol. The van der Waals surface area contributed by atoms with Crippen LogP contribution in [0.5, 0.6) is 0 Å². The Morgan fingerprint density at radius 1 is 0.774 bits per heavy atom. The molecular weight excluding hydrogens is 397 g/mol. The Kier molecular flexibility index (Phi) is 5.84. The minimum Gasteiger partial charge on any atom is -0.478 e. The summed E-state index contributed by atoms with van der Waals surface area (Å²) < 4.78 is 14.1. The van der Waals surface area contributed by atoms with Gasteiger partial charge in [0, 0.05) is 31.7 Å². The van der Waals surface area contributed by atoms with Gasteiger partial charge >= 0.3 is 5.97 Å². The highest BCUT2D eigenvalue weighted by Crippen LogP contribution is 2.30. The van der Waals surface area contributed by atoms with Gasteiger partial charge in [0.15, 0.2) is 0 Å². The van der Waals surface area contributed by atoms with Gasteiger partial charge in [0.05, 0.1) is 22.6 Å². The third-order valence-electron chi connectivity index (χ3n) is 5.34. The molecular formula is C24H22FN3O3. The van der Waals surface area contributed by atoms with Crippen LogP contribution in [0.3, 0.4) is 0 Å². The summed E-state index contributed by atoms with van der Waals surface area (Å²) in [4.78, 5) is 28.2. The van der Waals surface area contributed by atoms with Crippen LogP contribution >= 0.6 is 0 Å². The number of anilines is 3. The van der Waals surface area contributed by atoms with Crippen molar-refractivity contribution >= 4 is 28.9 Å². The van der Waals surface area contributed by atoms with E-state index < -0.39 is 5.97 Å². The molecule has 3 aromatic rings. The maximum atomic E-state index is 14.1. The standard InChI is InChI=1S/C24H22FN3O3/c25-19-8-4-5-9-21(19)27-12-14-28(15-13-27)22-11-10-18(24(30)31)16-20(22)26-23(29)17-6-2-1-3-7-17/h1-11,16H,12-15H2,(H,26,29)(H,30,31). The van der Waals surface area contributed by atoms with Gasteiger partial charge in [-0.2, -0.15) is 0 Å². The highest BCUT2D eigenvalue weighted by Gasteiger charge is 2.22. The maximum absolute atomic E-state index is 14.1. The molecule has 0 bridgehead atoms. The van der Waals surface area contributed by atoms with E-state index >= 15 is 0 Å². The second-order valence-electron chi connectivity index (χ2n) is 7.28. The summed E-state index contributed by atoms with van der Waals surface area (Å²) in [5.74, 6) is -1.63. The number of carbonyl (C=O) groups is 2. The fraction of sp³-hybridized carbons (Fsp3) is 0.167. The molecule has 1 aliphatic rings. The molecule has 1 saturated heterocycles. The number of benzene rings is 3. The second kappa shape index (κ2) is 8.87. The maximum Gasteiger partial charge on any atom is 0.335 e. The number of nitrogens with zero attached hydrogens (tertiary/aromatic N) is 2. The third kappa shape index (κ3) is 4.50. The summed E-state index contributed by atoms with van der Waals surface area (Å²) in [6.45, 7) is 2.42. The summed E-state index contributed by atoms with van der Waals surface area (Å²) >= 11 is 0. The summed E-state index contributed by atoms with van der Waals surface area (Å²) in [7, 11) is 0. The average molecular weight is 419 g/mol. The Morgan fingerprint density at radius 2 is 1.39 bits per heavy atom. The zero-order valence-electron chi connectivity index (χ0n) is 16.8. The van der Waals surface area contributed by atoms with Crippen LogP contribution in [-0.2, 0) is 0 Å². The Morgan fingerprint density at radius 3 is 2.03 bits per heavy atom. The average Bonchev–Trinajstić information content (AvgIpc) is 2.80. The van der Waals surface area contributed by atoms with Gasteiger partial charge in [-0.1, -0.05) is 30.3 Å². The molecule has 1 amide bonds. The Balaban J connectivity index is 1.56. The number of hydrogen-bond donors (Lipinski definition) is 2. The number of piperazine rings is 1. The first-order valence-electron chi connectivity index (χ1n) is 10.0. The highest BCUT2D eigenvalue weighted by molar-refractivity contribution is 6.06. The molecule has 0 aliphatic carbocycles. The molecule has 0 unspecified atom stereocenters. The summed E-state index contributed by atoms with van der Waals surface area (Å²) in [5.41, 5.74) is 2.33. The molecule has 31 heavy (non-hydrogen) atoms. The van der Waals surface area contributed by atoms with Crippen LogP contribution < -0.4 is 15.1 Å². The van der Waals surface area contributed by atoms with Crippen LogP contribution in [0.1, 0.15) is 20.7 Å². The number of carboxylic acid groups (broad SMARTS) is 1. The van der Waals surface area contributed by atoms with E-state index in [0.29, 0.717) is 43.1 Å². The topological polar surface area (TPSA) is 72.9 Å². The lowest BCUT2D eigenvalue weighted by Crippen LogP contribution is -2.47. The number of para-hydroxylation sites is 1. The number of halogens is 1. The first-order chi connectivity index (χ1) is 15.0. The van der Waals surface area contributed by atoms with Crippen molar-refractivity contribution < 1.29 is 19.1 Å². The van der Waals surface area contributed by atoms with Crippen LogP contribution in [-0.4, -0.2) is 43.2 Å². The zero-order chi connectivity index (χ0) is 21.8. The van der Waals surface area contributed by atoms with E-state index in [0.717, 1.165) is 5.69 Å². The molecule has 7 heteroatoms. The molecule has 3 aromatic carbocycles. The van der Waals surface area contributed by atoms with Gasteiger partial charge in [0.2, 0.25) is 0 Å². The van der Waals surface area contributed by atoms with Crippen LogP contribution in [0.4, 0.5) is 21.5 Å². The van der Waals surface area contributed by atoms with E-state index in [9.17, 15) is 19.1 Å². The lowest BCUT2D eigenvalue weighted by Gasteiger charge is -2.38. The van der Waals surface area contributed by atoms with Gasteiger partial charge in [-0.25, -0.2) is 9.18 Å². The lowest BCUT2D eigenvalue weighted by molar-refractivity contribution is 0.0696. The van der Waals surface area contributed by atoms with Crippen LogP contribution in [0.15, 0.2) is 72.8 Å². The van der Waals surface area contributed by atoms with Crippen molar-refractivity contribution in [2.75, 3.05) is 41.3 Å². The summed E-state index contributed by atoms with van der Waals surface area (Å²) in [6.07, 6.45) is 0. The Hall–Kier alpha value is -3.87. The number of carbonyl (C=O) groups excluding carboxylic acids is 1. The monoisotopic (exact) mass is 419 g/mol. The van der Waals surface area contributed by atoms with Gasteiger partial charge in [-0.15, -0.1) is 0 Å². The molecule has 0 aromatic heterocycles. The van der Waals surface area contributed by atoms with E-state index in [1.54, 1.807) is 42.5 Å². The number of amides is 1. The van der Waals surface area contributed by atoms with Gasteiger partial charge < -0.3 is 20.2 Å². The Labute approximate surface area is 179 Å². The molecule has 0 atom stereocenters. The fourth-order valence-electron chi connectivity index (χ4n) is 3.73. The van der Waals surface area contributed by atoms with E-state index in [2.05, 4.69) is 10.2 Å². The van der Waals surface area contributed by atoms with E-state index in [-0.39, 0.29) is 17.3 Å². The number of rotatable bonds is 5. The smallest absolute Gasteiger partial charge is 0.335 e. The van der Waals surface area contributed by atoms with Crippen molar-refractivity contribution in [1.82, 2.24) is 0 Å². The molecule has 1 fully saturated rings. The third-order valence-corrected chi connectivity index (χ3v) is 5.34. The summed E-state index contributed by atoms with van der Waals surface area (Å²) in [5, 5.41) is 12.2. The van der Waals surface area contributed by atoms with Crippen LogP contribution in [0.2, 0.25) is 0 Å². The van der Waals surface area contributed by atoms with Crippen molar-refractivity contribution in [3.8, 4) is 0 Å². The second-order valence-corrected chi connectivity index (χ2v) is 7.28. The number of nitrogens with one attached hydrogen (secondary N) is 1. The minimum atomic E-state index is -1.06. The van der Waals surface area contributed by atoms with Gasteiger partial charge in [-0.3, -0.25) is 4.79 Å². The quantitative estimate of drug-likeness (QED) is 0.651. The zero-order valence-corrected chi connectivity index (χ0v) is 16.8. The molecule has 0 saturated carbocycles. The minimum absolute atomic E-state index is 0.0945. The SMILES string of the molecule is O=C(O)c1ccc(N2CCN(c3ccccc3F)CC2)c(NC(=O)c2ccccc2)c1. The molecule has 1 aliphatic heterocycles.